The maximum absolute atomic E-state index is 7.31. The molecule has 0 N–H and O–H groups in total. The maximum atomic E-state index is 7.31. The first-order valence-corrected chi connectivity index (χ1v) is 23.9. The lowest BCUT2D eigenvalue weighted by molar-refractivity contribution is -0.0339. The fourth-order valence-corrected chi connectivity index (χ4v) is 14.8. The van der Waals surface area contributed by atoms with Gasteiger partial charge in [-0.1, -0.05) is 122 Å². The van der Waals surface area contributed by atoms with E-state index in [2.05, 4.69) is 72.9 Å². The van der Waals surface area contributed by atoms with E-state index in [4.69, 9.17) is 58.3 Å². The van der Waals surface area contributed by atoms with Crippen molar-refractivity contribution in [1.82, 2.24) is 0 Å². The average molecular weight is 863 g/mol. The van der Waals surface area contributed by atoms with E-state index >= 15 is 0 Å². The second-order valence-electron chi connectivity index (χ2n) is 17.0. The molecule has 2 nitrogen and oxygen atoms in total. The zero-order valence-electron chi connectivity index (χ0n) is 31.7. The Kier molecular flexibility index (Phi) is 8.33. The number of hydrogen-bond donors (Lipinski definition) is 0. The molecule has 8 heteroatoms. The third kappa shape index (κ3) is 5.34. The highest BCUT2D eigenvalue weighted by Gasteiger charge is 2.49. The second kappa shape index (κ2) is 13.4. The van der Waals surface area contributed by atoms with Crippen molar-refractivity contribution in [2.75, 3.05) is 0 Å². The van der Waals surface area contributed by atoms with Gasteiger partial charge in [-0.3, -0.25) is 0 Å². The highest BCUT2D eigenvalue weighted by molar-refractivity contribution is 7.84. The van der Waals surface area contributed by atoms with Gasteiger partial charge in [0.1, 0.15) is 22.7 Å². The predicted molar refractivity (Wildman–Crippen MR) is 255 cm³/mol. The molecule has 0 amide bonds. The first-order chi connectivity index (χ1) is 28.3. The minimum absolute atomic E-state index is 0.165. The number of hydrogen-bond acceptors (Lipinski definition) is 8. The van der Waals surface area contributed by atoms with Crippen LogP contribution in [0.15, 0.2) is 108 Å². The van der Waals surface area contributed by atoms with E-state index in [1.165, 1.54) is 80.3 Å². The molecular weight excluding hydrogens is 825 g/mol. The van der Waals surface area contributed by atoms with Gasteiger partial charge < -0.3 is 9.47 Å². The molecule has 58 heavy (non-hydrogen) atoms. The van der Waals surface area contributed by atoms with Gasteiger partial charge in [0, 0.05) is 87.0 Å². The molecule has 6 aliphatic carbocycles. The van der Waals surface area contributed by atoms with Gasteiger partial charge in [0.15, 0.2) is 0 Å². The smallest absolute Gasteiger partial charge is 0.135 e. The summed E-state index contributed by atoms with van der Waals surface area (Å²) in [6.07, 6.45) is 25.6. The van der Waals surface area contributed by atoms with Gasteiger partial charge in [0.25, 0.3) is 0 Å². The fraction of sp³-hybridized carbons (Fsp3) is 0.280. The van der Waals surface area contributed by atoms with Gasteiger partial charge in [0.2, 0.25) is 0 Å². The summed E-state index contributed by atoms with van der Waals surface area (Å²) in [7, 11) is 0. The molecule has 0 bridgehead atoms. The van der Waals surface area contributed by atoms with Gasteiger partial charge in [-0.2, -0.15) is 0 Å². The van der Waals surface area contributed by atoms with Crippen LogP contribution in [-0.2, 0) is 20.7 Å². The third-order valence-electron chi connectivity index (χ3n) is 13.7. The van der Waals surface area contributed by atoms with Crippen LogP contribution >= 0.6 is 71.5 Å². The van der Waals surface area contributed by atoms with Crippen molar-refractivity contribution in [2.24, 2.45) is 11.8 Å². The molecule has 8 aliphatic rings. The molecule has 2 aliphatic heterocycles. The molecule has 286 valence electrons. The van der Waals surface area contributed by atoms with E-state index in [1.54, 1.807) is 0 Å². The molecule has 2 unspecified atom stereocenters. The second-order valence-corrected chi connectivity index (χ2v) is 20.8. The first-order valence-electron chi connectivity index (χ1n) is 20.6. The van der Waals surface area contributed by atoms with E-state index in [1.807, 2.05) is 46.9 Å². The third-order valence-corrected chi connectivity index (χ3v) is 17.7. The Morgan fingerprint density at radius 2 is 0.862 bits per heavy atom. The molecule has 2 aromatic carbocycles. The monoisotopic (exact) mass is 862 g/mol. The Bertz CT molecular complexity index is 2520. The van der Waals surface area contributed by atoms with Crippen molar-refractivity contribution in [3.05, 3.63) is 161 Å². The van der Waals surface area contributed by atoms with Crippen LogP contribution in [0, 0.1) is 11.8 Å². The van der Waals surface area contributed by atoms with Crippen molar-refractivity contribution in [1.29, 1.82) is 0 Å². The van der Waals surface area contributed by atoms with Crippen LogP contribution in [-0.4, -0.2) is 19.5 Å². The van der Waals surface area contributed by atoms with E-state index in [-0.39, 0.29) is 23.0 Å². The number of fused-ring (bicyclic) bond motifs is 11. The van der Waals surface area contributed by atoms with Crippen LogP contribution in [0.3, 0.4) is 0 Å². The lowest BCUT2D eigenvalue weighted by atomic mass is 9.72. The largest absolute Gasteiger partial charge is 0.482 e. The molecule has 4 aromatic rings. The van der Waals surface area contributed by atoms with Gasteiger partial charge >= 0.3 is 0 Å². The van der Waals surface area contributed by atoms with E-state index in [0.717, 1.165) is 90.1 Å². The van der Waals surface area contributed by atoms with Crippen LogP contribution in [0.25, 0.3) is 23.3 Å². The number of allylic oxidation sites excluding steroid dienone is 8. The Labute approximate surface area is 368 Å². The maximum Gasteiger partial charge on any atom is 0.135 e. The van der Waals surface area contributed by atoms with Crippen LogP contribution in [0.1, 0.15) is 117 Å². The van der Waals surface area contributed by atoms with Gasteiger partial charge in [-0.25, -0.2) is 0 Å². The lowest BCUT2D eigenvalue weighted by Crippen LogP contribution is -2.37. The number of ether oxygens (including phenoxy) is 2. The molecule has 2 aromatic heterocycles. The van der Waals surface area contributed by atoms with E-state index in [0.29, 0.717) is 0 Å². The van der Waals surface area contributed by atoms with Crippen molar-refractivity contribution in [2.45, 2.75) is 75.4 Å². The van der Waals surface area contributed by atoms with Crippen molar-refractivity contribution >= 4 is 114 Å². The quantitative estimate of drug-likeness (QED) is 0.147. The van der Waals surface area contributed by atoms with Gasteiger partial charge in [-0.15, -0.1) is 22.7 Å². The molecule has 2 saturated carbocycles. The Hall–Kier alpha value is -3.76. The Morgan fingerprint density at radius 1 is 0.500 bits per heavy atom. The highest BCUT2D eigenvalue weighted by atomic mass is 32.1. The van der Waals surface area contributed by atoms with Crippen LogP contribution in [0.5, 0.6) is 0 Å². The Balaban J connectivity index is 0.943. The zero-order chi connectivity index (χ0) is 38.9. The summed E-state index contributed by atoms with van der Waals surface area (Å²) >= 11 is 27.7. The van der Waals surface area contributed by atoms with Crippen LogP contribution < -0.4 is 0 Å². The zero-order valence-corrected chi connectivity index (χ0v) is 36.6. The molecule has 12 rings (SSSR count). The summed E-state index contributed by atoms with van der Waals surface area (Å²) in [5.41, 5.74) is 10.7. The molecule has 0 saturated heterocycles. The average Bonchev–Trinajstić information content (AvgIpc) is 4.00. The number of benzene rings is 2. The van der Waals surface area contributed by atoms with Gasteiger partial charge in [-0.05, 0) is 87.8 Å². The number of thiophene rings is 2. The van der Waals surface area contributed by atoms with Crippen LogP contribution in [0.4, 0.5) is 0 Å². The number of rotatable bonds is 2. The standard InChI is InChI=1S/C50H38O2S6/c53-43-31-11-3-4-12-32(31)44(54)37(43)23-29-25-39-47(57-29)35-19-28-22-42-36(20-27(28)21-41(35)51-49(39)15-7-1-8-16-49)48-40(50(52-42)17-9-2-10-18-50)26-30(58-48)24-38-45(55)33-13-5-6-14-34(33)46(38)56/h3-6,11-14,19-28H,1-2,7-10,15-18H2. The molecule has 0 radical (unpaired) electrons. The molecule has 2 spiro atoms. The normalized spacial score (nSPS) is 24.2. The minimum Gasteiger partial charge on any atom is -0.482 e. The minimum atomic E-state index is -0.314. The summed E-state index contributed by atoms with van der Waals surface area (Å²) in [6.45, 7) is 0. The van der Waals surface area contributed by atoms with Gasteiger partial charge in [0.05, 0.1) is 19.5 Å². The van der Waals surface area contributed by atoms with Crippen molar-refractivity contribution in [3.63, 3.8) is 0 Å². The SMILES string of the molecule is S=C1C(=Cc2cc3c(s2)C2=CC4C=C5OC6(CCCCC6)c6cc(C=C7C(=S)c8ccccc8C7=S)sc6C5=CC4C=C2OC32CCCCC2)C(=S)c2ccccc21. The molecule has 2 fully saturated rings. The van der Waals surface area contributed by atoms with E-state index < -0.39 is 0 Å². The fourth-order valence-electron chi connectivity index (χ4n) is 10.8. The summed E-state index contributed by atoms with van der Waals surface area (Å²) in [6, 6.07) is 21.3. The summed E-state index contributed by atoms with van der Waals surface area (Å²) in [4.78, 5) is 8.45. The van der Waals surface area contributed by atoms with Crippen LogP contribution in [0.2, 0.25) is 0 Å². The predicted octanol–water partition coefficient (Wildman–Crippen LogP) is 13.7. The summed E-state index contributed by atoms with van der Waals surface area (Å²) in [5, 5.41) is 0. The van der Waals surface area contributed by atoms with Crippen molar-refractivity contribution in [3.8, 4) is 0 Å². The number of thiocarbonyl (C=S) groups is 4. The summed E-state index contributed by atoms with van der Waals surface area (Å²) < 4.78 is 14.6. The van der Waals surface area contributed by atoms with E-state index in [9.17, 15) is 0 Å². The summed E-state index contributed by atoms with van der Waals surface area (Å²) in [5.74, 6) is 2.39. The molecule has 4 heterocycles. The lowest BCUT2D eigenvalue weighted by Gasteiger charge is -2.46. The molecule has 2 atom stereocenters. The molecular formula is C50H38O2S6. The topological polar surface area (TPSA) is 18.5 Å². The van der Waals surface area contributed by atoms with Crippen molar-refractivity contribution < 1.29 is 9.47 Å². The Morgan fingerprint density at radius 3 is 1.22 bits per heavy atom. The first kappa shape index (κ1) is 36.1. The highest BCUT2D eigenvalue weighted by Crippen LogP contribution is 2.59.